The number of carbonyl (C=O) groups excluding carboxylic acids is 1. The molecule has 0 saturated heterocycles. The van der Waals surface area contributed by atoms with Crippen molar-refractivity contribution in [2.45, 2.75) is 72.6 Å². The van der Waals surface area contributed by atoms with Gasteiger partial charge in [-0.2, -0.15) is 0 Å². The fraction of sp³-hybridized carbons (Fsp3) is 0.522. The second-order valence-electron chi connectivity index (χ2n) is 6.89. The molecule has 0 aromatic heterocycles. The first kappa shape index (κ1) is 22.0. The smallest absolute Gasteiger partial charge is 0.338 e. The minimum atomic E-state index is -0.390. The zero-order valence-corrected chi connectivity index (χ0v) is 17.0. The highest BCUT2D eigenvalue weighted by Gasteiger charge is 2.14. The second kappa shape index (κ2) is 12.3. The SMILES string of the molecule is C=C(C)C(=O)Oc1ccc(C)c(C=CC)c1NCCCCCCCCC. The monoisotopic (exact) mass is 357 g/mol. The van der Waals surface area contributed by atoms with Gasteiger partial charge in [-0.25, -0.2) is 4.79 Å². The lowest BCUT2D eigenvalue weighted by atomic mass is 10.0. The maximum atomic E-state index is 12.0. The highest BCUT2D eigenvalue weighted by atomic mass is 16.5. The molecule has 0 amide bonds. The van der Waals surface area contributed by atoms with E-state index in [-0.39, 0.29) is 5.97 Å². The molecule has 0 spiro atoms. The zero-order chi connectivity index (χ0) is 19.4. The summed E-state index contributed by atoms with van der Waals surface area (Å²) in [7, 11) is 0. The quantitative estimate of drug-likeness (QED) is 0.196. The van der Waals surface area contributed by atoms with Gasteiger partial charge in [0.15, 0.2) is 5.75 Å². The topological polar surface area (TPSA) is 38.3 Å². The van der Waals surface area contributed by atoms with Crippen molar-refractivity contribution < 1.29 is 9.53 Å². The number of hydrogen-bond donors (Lipinski definition) is 1. The molecule has 0 aliphatic rings. The molecule has 0 bridgehead atoms. The molecule has 0 unspecified atom stereocenters. The van der Waals surface area contributed by atoms with Crippen LogP contribution < -0.4 is 10.1 Å². The molecule has 0 atom stereocenters. The van der Waals surface area contributed by atoms with E-state index < -0.39 is 0 Å². The van der Waals surface area contributed by atoms with E-state index in [0.717, 1.165) is 29.8 Å². The Bertz CT molecular complexity index is 617. The second-order valence-corrected chi connectivity index (χ2v) is 6.89. The van der Waals surface area contributed by atoms with E-state index in [1.807, 2.05) is 25.1 Å². The summed E-state index contributed by atoms with van der Waals surface area (Å²) < 4.78 is 5.54. The van der Waals surface area contributed by atoms with Gasteiger partial charge in [-0.1, -0.05) is 70.2 Å². The largest absolute Gasteiger partial charge is 0.421 e. The molecule has 1 aromatic carbocycles. The zero-order valence-electron chi connectivity index (χ0n) is 17.0. The summed E-state index contributed by atoms with van der Waals surface area (Å²) >= 11 is 0. The van der Waals surface area contributed by atoms with E-state index in [2.05, 4.69) is 31.8 Å². The van der Waals surface area contributed by atoms with Crippen LogP contribution >= 0.6 is 0 Å². The standard InChI is InChI=1S/C23H35NO2/c1-6-8-9-10-11-12-13-17-24-22-20(14-7-2)19(5)15-16-21(22)26-23(25)18(3)4/h7,14-16,24H,3,6,8-13,17H2,1-2,4-5H3. The molecule has 0 saturated carbocycles. The Kier molecular flexibility index (Phi) is 10.5. The van der Waals surface area contributed by atoms with Gasteiger partial charge in [0.05, 0.1) is 5.69 Å². The first-order chi connectivity index (χ1) is 12.5. The Morgan fingerprint density at radius 2 is 1.81 bits per heavy atom. The van der Waals surface area contributed by atoms with E-state index >= 15 is 0 Å². The van der Waals surface area contributed by atoms with Crippen molar-refractivity contribution in [2.24, 2.45) is 0 Å². The van der Waals surface area contributed by atoms with Gasteiger partial charge in [0.2, 0.25) is 0 Å². The van der Waals surface area contributed by atoms with Crippen molar-refractivity contribution in [3.05, 3.63) is 41.5 Å². The van der Waals surface area contributed by atoms with Crippen LogP contribution in [0.2, 0.25) is 0 Å². The lowest BCUT2D eigenvalue weighted by Gasteiger charge is -2.17. The Morgan fingerprint density at radius 3 is 2.42 bits per heavy atom. The number of rotatable bonds is 12. The minimum absolute atomic E-state index is 0.390. The fourth-order valence-electron chi connectivity index (χ4n) is 2.84. The number of hydrogen-bond acceptors (Lipinski definition) is 3. The maximum absolute atomic E-state index is 12.0. The van der Waals surface area contributed by atoms with Crippen LogP contribution in [-0.4, -0.2) is 12.5 Å². The van der Waals surface area contributed by atoms with Gasteiger partial charge in [-0.3, -0.25) is 0 Å². The van der Waals surface area contributed by atoms with Crippen LogP contribution in [0.1, 0.15) is 76.8 Å². The molecule has 0 aliphatic carbocycles. The number of ether oxygens (including phenoxy) is 1. The van der Waals surface area contributed by atoms with Gasteiger partial charge >= 0.3 is 5.97 Å². The number of benzene rings is 1. The average molecular weight is 358 g/mol. The molecular formula is C23H35NO2. The van der Waals surface area contributed by atoms with Crippen molar-refractivity contribution in [1.82, 2.24) is 0 Å². The van der Waals surface area contributed by atoms with Crippen LogP contribution in [0.4, 0.5) is 5.69 Å². The number of nitrogens with one attached hydrogen (secondary N) is 1. The normalized spacial score (nSPS) is 10.9. The molecule has 1 aromatic rings. The molecule has 0 heterocycles. The van der Waals surface area contributed by atoms with Crippen LogP contribution in [0.15, 0.2) is 30.4 Å². The predicted molar refractivity (Wildman–Crippen MR) is 113 cm³/mol. The van der Waals surface area contributed by atoms with Crippen LogP contribution in [-0.2, 0) is 4.79 Å². The molecule has 0 aliphatic heterocycles. The van der Waals surface area contributed by atoms with Crippen molar-refractivity contribution in [2.75, 3.05) is 11.9 Å². The van der Waals surface area contributed by atoms with Crippen LogP contribution in [0, 0.1) is 6.92 Å². The summed E-state index contributed by atoms with van der Waals surface area (Å²) in [6, 6.07) is 3.84. The van der Waals surface area contributed by atoms with E-state index in [4.69, 9.17) is 4.74 Å². The first-order valence-electron chi connectivity index (χ1n) is 9.89. The van der Waals surface area contributed by atoms with E-state index in [0.29, 0.717) is 11.3 Å². The maximum Gasteiger partial charge on any atom is 0.338 e. The third kappa shape index (κ3) is 7.47. The molecule has 1 N–H and O–H groups in total. The summed E-state index contributed by atoms with van der Waals surface area (Å²) in [6.07, 6.45) is 13.0. The molecule has 1 rings (SSSR count). The molecule has 26 heavy (non-hydrogen) atoms. The van der Waals surface area contributed by atoms with E-state index in [1.54, 1.807) is 6.92 Å². The average Bonchev–Trinajstić information content (AvgIpc) is 2.61. The number of allylic oxidation sites excluding steroid dienone is 1. The number of esters is 1. The Balaban J connectivity index is 2.74. The number of unbranched alkanes of at least 4 members (excludes halogenated alkanes) is 6. The Morgan fingerprint density at radius 1 is 1.15 bits per heavy atom. The fourth-order valence-corrected chi connectivity index (χ4v) is 2.84. The molecule has 3 heteroatoms. The van der Waals surface area contributed by atoms with Gasteiger partial charge in [-0.05, 0) is 38.8 Å². The van der Waals surface area contributed by atoms with Crippen molar-refractivity contribution in [3.8, 4) is 5.75 Å². The first-order valence-corrected chi connectivity index (χ1v) is 9.89. The van der Waals surface area contributed by atoms with Crippen LogP contribution in [0.25, 0.3) is 6.08 Å². The Labute approximate surface area is 159 Å². The number of anilines is 1. The van der Waals surface area contributed by atoms with Crippen molar-refractivity contribution in [3.63, 3.8) is 0 Å². The third-order valence-electron chi connectivity index (χ3n) is 4.39. The summed E-state index contributed by atoms with van der Waals surface area (Å²) in [5, 5.41) is 3.50. The van der Waals surface area contributed by atoms with Crippen molar-refractivity contribution in [1.29, 1.82) is 0 Å². The predicted octanol–water partition coefficient (Wildman–Crippen LogP) is 6.67. The molecule has 0 fully saturated rings. The van der Waals surface area contributed by atoms with Crippen molar-refractivity contribution >= 4 is 17.7 Å². The lowest BCUT2D eigenvalue weighted by molar-refractivity contribution is -0.130. The van der Waals surface area contributed by atoms with Gasteiger partial charge in [0, 0.05) is 17.7 Å². The summed E-state index contributed by atoms with van der Waals surface area (Å²) in [4.78, 5) is 12.0. The molecule has 144 valence electrons. The highest BCUT2D eigenvalue weighted by molar-refractivity contribution is 5.90. The summed E-state index contributed by atoms with van der Waals surface area (Å²) in [6.45, 7) is 12.5. The summed E-state index contributed by atoms with van der Waals surface area (Å²) in [5.74, 6) is 0.180. The molecule has 3 nitrogen and oxygen atoms in total. The van der Waals surface area contributed by atoms with E-state index in [9.17, 15) is 4.79 Å². The van der Waals surface area contributed by atoms with E-state index in [1.165, 1.54) is 38.5 Å². The Hall–Kier alpha value is -2.03. The molecular weight excluding hydrogens is 322 g/mol. The molecule has 0 radical (unpaired) electrons. The van der Waals surface area contributed by atoms with Crippen LogP contribution in [0.3, 0.4) is 0 Å². The third-order valence-corrected chi connectivity index (χ3v) is 4.39. The van der Waals surface area contributed by atoms with Gasteiger partial charge in [0.25, 0.3) is 0 Å². The summed E-state index contributed by atoms with van der Waals surface area (Å²) in [5.41, 5.74) is 3.52. The van der Waals surface area contributed by atoms with Gasteiger partial charge in [-0.15, -0.1) is 0 Å². The lowest BCUT2D eigenvalue weighted by Crippen LogP contribution is -2.12. The van der Waals surface area contributed by atoms with Gasteiger partial charge < -0.3 is 10.1 Å². The van der Waals surface area contributed by atoms with Crippen LogP contribution in [0.5, 0.6) is 5.75 Å². The number of carbonyl (C=O) groups is 1. The highest BCUT2D eigenvalue weighted by Crippen LogP contribution is 2.33. The minimum Gasteiger partial charge on any atom is -0.421 e. The van der Waals surface area contributed by atoms with Gasteiger partial charge in [0.1, 0.15) is 0 Å². The number of aryl methyl sites for hydroxylation is 1.